The van der Waals surface area contributed by atoms with Crippen LogP contribution in [0.4, 0.5) is 0 Å². The van der Waals surface area contributed by atoms with Gasteiger partial charge in [-0.25, -0.2) is 0 Å². The number of ether oxygens (including phenoxy) is 2. The lowest BCUT2D eigenvalue weighted by Crippen LogP contribution is -2.56. The SMILES string of the molecule is COc1ccccc1C(=O)N1CCO[C@@](CO)(Cc2ccccc2)C1. The Morgan fingerprint density at radius 3 is 2.64 bits per heavy atom. The predicted octanol–water partition coefficient (Wildman–Crippen LogP) is 2.14. The third kappa shape index (κ3) is 3.83. The summed E-state index contributed by atoms with van der Waals surface area (Å²) in [6, 6.07) is 17.1. The highest BCUT2D eigenvalue weighted by atomic mass is 16.5. The van der Waals surface area contributed by atoms with Gasteiger partial charge in [0.15, 0.2) is 0 Å². The van der Waals surface area contributed by atoms with Crippen LogP contribution >= 0.6 is 0 Å². The Morgan fingerprint density at radius 2 is 1.92 bits per heavy atom. The Morgan fingerprint density at radius 1 is 1.20 bits per heavy atom. The molecule has 2 aromatic carbocycles. The molecule has 1 amide bonds. The van der Waals surface area contributed by atoms with Crippen molar-refractivity contribution in [2.24, 2.45) is 0 Å². The summed E-state index contributed by atoms with van der Waals surface area (Å²) in [5.41, 5.74) is 0.818. The zero-order valence-electron chi connectivity index (χ0n) is 14.4. The van der Waals surface area contributed by atoms with Crippen LogP contribution in [0.3, 0.4) is 0 Å². The van der Waals surface area contributed by atoms with E-state index < -0.39 is 5.60 Å². The van der Waals surface area contributed by atoms with Crippen molar-refractivity contribution in [3.05, 3.63) is 65.7 Å². The van der Waals surface area contributed by atoms with E-state index in [1.165, 1.54) is 0 Å². The molecule has 25 heavy (non-hydrogen) atoms. The van der Waals surface area contributed by atoms with Crippen LogP contribution in [0.15, 0.2) is 54.6 Å². The molecule has 1 saturated heterocycles. The van der Waals surface area contributed by atoms with E-state index in [-0.39, 0.29) is 12.5 Å². The van der Waals surface area contributed by atoms with Gasteiger partial charge >= 0.3 is 0 Å². The van der Waals surface area contributed by atoms with Crippen LogP contribution in [-0.4, -0.2) is 54.9 Å². The van der Waals surface area contributed by atoms with Gasteiger partial charge in [0.05, 0.1) is 32.4 Å². The molecule has 5 heteroatoms. The van der Waals surface area contributed by atoms with E-state index >= 15 is 0 Å². The molecule has 3 rings (SSSR count). The number of methoxy groups -OCH3 is 1. The average molecular weight is 341 g/mol. The number of para-hydroxylation sites is 1. The number of hydrogen-bond acceptors (Lipinski definition) is 4. The van der Waals surface area contributed by atoms with Gasteiger partial charge in [0, 0.05) is 13.0 Å². The van der Waals surface area contributed by atoms with Gasteiger partial charge in [0.1, 0.15) is 11.4 Å². The van der Waals surface area contributed by atoms with Gasteiger partial charge in [-0.1, -0.05) is 42.5 Å². The summed E-state index contributed by atoms with van der Waals surface area (Å²) in [6.07, 6.45) is 0.556. The number of hydrogen-bond donors (Lipinski definition) is 1. The minimum Gasteiger partial charge on any atom is -0.496 e. The monoisotopic (exact) mass is 341 g/mol. The maximum Gasteiger partial charge on any atom is 0.257 e. The summed E-state index contributed by atoms with van der Waals surface area (Å²) >= 11 is 0. The highest BCUT2D eigenvalue weighted by molar-refractivity contribution is 5.97. The first kappa shape index (κ1) is 17.5. The maximum absolute atomic E-state index is 12.9. The third-order valence-electron chi connectivity index (χ3n) is 4.53. The molecule has 0 unspecified atom stereocenters. The van der Waals surface area contributed by atoms with Crippen LogP contribution < -0.4 is 4.74 Å². The number of morpholine rings is 1. The molecule has 0 saturated carbocycles. The summed E-state index contributed by atoms with van der Waals surface area (Å²) in [5, 5.41) is 9.99. The lowest BCUT2D eigenvalue weighted by atomic mass is 9.93. The van der Waals surface area contributed by atoms with Crippen molar-refractivity contribution in [3.8, 4) is 5.75 Å². The van der Waals surface area contributed by atoms with E-state index in [2.05, 4.69) is 0 Å². The van der Waals surface area contributed by atoms with Crippen LogP contribution in [0, 0.1) is 0 Å². The normalized spacial score (nSPS) is 20.3. The van der Waals surface area contributed by atoms with E-state index in [1.54, 1.807) is 24.1 Å². The number of aliphatic hydroxyl groups excluding tert-OH is 1. The Bertz CT molecular complexity index is 719. The zero-order valence-corrected chi connectivity index (χ0v) is 14.4. The van der Waals surface area contributed by atoms with Gasteiger partial charge in [-0.15, -0.1) is 0 Å². The molecule has 1 atom stereocenters. The molecular weight excluding hydrogens is 318 g/mol. The van der Waals surface area contributed by atoms with Crippen LogP contribution in [0.25, 0.3) is 0 Å². The Kier molecular flexibility index (Phi) is 5.36. The first-order valence-corrected chi connectivity index (χ1v) is 8.38. The van der Waals surface area contributed by atoms with E-state index in [0.717, 1.165) is 5.56 Å². The standard InChI is InChI=1S/C20H23NO4/c1-24-18-10-6-5-9-17(18)19(23)21-11-12-25-20(14-21,15-22)13-16-7-3-2-4-8-16/h2-10,22H,11-15H2,1H3/t20-/m0/s1. The molecule has 0 aromatic heterocycles. The molecule has 0 bridgehead atoms. The molecule has 5 nitrogen and oxygen atoms in total. The average Bonchev–Trinajstić information content (AvgIpc) is 2.68. The van der Waals surface area contributed by atoms with Crippen molar-refractivity contribution in [2.45, 2.75) is 12.0 Å². The fraction of sp³-hybridized carbons (Fsp3) is 0.350. The van der Waals surface area contributed by atoms with Crippen LogP contribution in [0.2, 0.25) is 0 Å². The third-order valence-corrected chi connectivity index (χ3v) is 4.53. The Hall–Kier alpha value is -2.37. The fourth-order valence-electron chi connectivity index (χ4n) is 3.24. The second kappa shape index (κ2) is 7.68. The number of amides is 1. The smallest absolute Gasteiger partial charge is 0.257 e. The van der Waals surface area contributed by atoms with Crippen molar-refractivity contribution in [1.82, 2.24) is 4.90 Å². The lowest BCUT2D eigenvalue weighted by molar-refractivity contribution is -0.123. The Balaban J connectivity index is 1.80. The molecule has 132 valence electrons. The molecule has 0 spiro atoms. The quantitative estimate of drug-likeness (QED) is 0.905. The minimum absolute atomic E-state index is 0.105. The minimum atomic E-state index is -0.780. The highest BCUT2D eigenvalue weighted by Gasteiger charge is 2.38. The van der Waals surface area contributed by atoms with Gasteiger partial charge in [-0.3, -0.25) is 4.79 Å². The number of nitrogens with zero attached hydrogens (tertiary/aromatic N) is 1. The molecule has 1 fully saturated rings. The van der Waals surface area contributed by atoms with Gasteiger partial charge < -0.3 is 19.5 Å². The maximum atomic E-state index is 12.9. The van der Waals surface area contributed by atoms with Gasteiger partial charge in [0.25, 0.3) is 5.91 Å². The summed E-state index contributed by atoms with van der Waals surface area (Å²) < 4.78 is 11.2. The lowest BCUT2D eigenvalue weighted by Gasteiger charge is -2.42. The number of carbonyl (C=O) groups is 1. The molecule has 1 aliphatic heterocycles. The molecule has 1 N–H and O–H groups in total. The first-order valence-electron chi connectivity index (χ1n) is 8.38. The van der Waals surface area contributed by atoms with Crippen molar-refractivity contribution in [3.63, 3.8) is 0 Å². The van der Waals surface area contributed by atoms with E-state index in [1.807, 2.05) is 42.5 Å². The van der Waals surface area contributed by atoms with Crippen molar-refractivity contribution >= 4 is 5.91 Å². The van der Waals surface area contributed by atoms with E-state index in [0.29, 0.717) is 37.4 Å². The van der Waals surface area contributed by atoms with Crippen molar-refractivity contribution < 1.29 is 19.4 Å². The largest absolute Gasteiger partial charge is 0.496 e. The fourth-order valence-corrected chi connectivity index (χ4v) is 3.24. The summed E-state index contributed by atoms with van der Waals surface area (Å²) in [4.78, 5) is 14.7. The summed E-state index contributed by atoms with van der Waals surface area (Å²) in [5.74, 6) is 0.447. The van der Waals surface area contributed by atoms with Gasteiger partial charge in [0.2, 0.25) is 0 Å². The van der Waals surface area contributed by atoms with Crippen LogP contribution in [0.1, 0.15) is 15.9 Å². The van der Waals surface area contributed by atoms with Gasteiger partial charge in [-0.05, 0) is 17.7 Å². The predicted molar refractivity (Wildman–Crippen MR) is 94.8 cm³/mol. The highest BCUT2D eigenvalue weighted by Crippen LogP contribution is 2.26. The molecular formula is C20H23NO4. The zero-order chi connectivity index (χ0) is 17.7. The van der Waals surface area contributed by atoms with Crippen molar-refractivity contribution in [2.75, 3.05) is 33.4 Å². The molecule has 0 aliphatic carbocycles. The van der Waals surface area contributed by atoms with E-state index in [9.17, 15) is 9.90 Å². The number of benzene rings is 2. The summed E-state index contributed by atoms with van der Waals surface area (Å²) in [6.45, 7) is 1.09. The summed E-state index contributed by atoms with van der Waals surface area (Å²) in [7, 11) is 1.55. The number of aliphatic hydroxyl groups is 1. The van der Waals surface area contributed by atoms with Crippen LogP contribution in [-0.2, 0) is 11.2 Å². The number of carbonyl (C=O) groups excluding carboxylic acids is 1. The molecule has 1 aliphatic rings. The molecule has 1 heterocycles. The van der Waals surface area contributed by atoms with Crippen LogP contribution in [0.5, 0.6) is 5.75 Å². The van der Waals surface area contributed by atoms with Gasteiger partial charge in [-0.2, -0.15) is 0 Å². The first-order chi connectivity index (χ1) is 12.2. The van der Waals surface area contributed by atoms with Crippen molar-refractivity contribution in [1.29, 1.82) is 0 Å². The second-order valence-corrected chi connectivity index (χ2v) is 6.28. The van der Waals surface area contributed by atoms with E-state index in [4.69, 9.17) is 9.47 Å². The second-order valence-electron chi connectivity index (χ2n) is 6.28. The molecule has 2 aromatic rings. The number of rotatable bonds is 5. The molecule has 0 radical (unpaired) electrons. The Labute approximate surface area is 147 Å². The topological polar surface area (TPSA) is 59.0 Å².